The van der Waals surface area contributed by atoms with Crippen LogP contribution in [0.4, 0.5) is 11.4 Å². The fourth-order valence-electron chi connectivity index (χ4n) is 2.76. The number of carbonyl (C=O) groups is 2. The van der Waals surface area contributed by atoms with Gasteiger partial charge in [-0.1, -0.05) is 12.1 Å². The molecule has 112 valence electrons. The van der Waals surface area contributed by atoms with Crippen LogP contribution in [0.1, 0.15) is 45.7 Å². The number of hydrogen-bond donors (Lipinski definition) is 3. The highest BCUT2D eigenvalue weighted by molar-refractivity contribution is 6.32. The average molecular weight is 296 g/mol. The van der Waals surface area contributed by atoms with Crippen LogP contribution in [0.5, 0.6) is 5.75 Å². The molecule has 0 amide bonds. The van der Waals surface area contributed by atoms with Crippen molar-refractivity contribution in [3.05, 3.63) is 52.6 Å². The Bertz CT molecular complexity index is 810. The Kier molecular flexibility index (Phi) is 3.13. The number of ketones is 2. The van der Waals surface area contributed by atoms with Gasteiger partial charge < -0.3 is 16.2 Å². The highest BCUT2D eigenvalue weighted by atomic mass is 16.3. The van der Waals surface area contributed by atoms with Crippen LogP contribution in [0.15, 0.2) is 30.3 Å². The van der Waals surface area contributed by atoms with Gasteiger partial charge in [0.25, 0.3) is 0 Å². The molecule has 5 heteroatoms. The fraction of sp³-hybridized carbons (Fsp3) is 0.176. The molecule has 0 saturated heterocycles. The average Bonchev–Trinajstić information content (AvgIpc) is 2.45. The lowest BCUT2D eigenvalue weighted by molar-refractivity contribution is 0.0978. The first-order chi connectivity index (χ1) is 10.4. The predicted octanol–water partition coefficient (Wildman–Crippen LogP) is 2.57. The van der Waals surface area contributed by atoms with Gasteiger partial charge in [-0.05, 0) is 32.0 Å². The van der Waals surface area contributed by atoms with Crippen molar-refractivity contribution in [2.45, 2.75) is 19.9 Å². The highest BCUT2D eigenvalue weighted by Gasteiger charge is 2.35. The number of phenolic OH excluding ortho intramolecular Hbond substituents is 1. The van der Waals surface area contributed by atoms with Crippen LogP contribution in [0, 0.1) is 0 Å². The number of nitrogens with one attached hydrogen (secondary N) is 1. The van der Waals surface area contributed by atoms with Crippen LogP contribution in [-0.4, -0.2) is 22.7 Å². The first-order valence-electron chi connectivity index (χ1n) is 7.02. The normalized spacial score (nSPS) is 13.0. The van der Waals surface area contributed by atoms with E-state index in [9.17, 15) is 14.7 Å². The van der Waals surface area contributed by atoms with Crippen LogP contribution in [-0.2, 0) is 0 Å². The van der Waals surface area contributed by atoms with Gasteiger partial charge in [0.1, 0.15) is 5.75 Å². The van der Waals surface area contributed by atoms with Gasteiger partial charge in [-0.3, -0.25) is 9.59 Å². The van der Waals surface area contributed by atoms with Crippen LogP contribution in [0.25, 0.3) is 0 Å². The molecule has 0 fully saturated rings. The summed E-state index contributed by atoms with van der Waals surface area (Å²) in [5, 5.41) is 13.1. The third-order valence-corrected chi connectivity index (χ3v) is 3.65. The first kappa shape index (κ1) is 14.1. The summed E-state index contributed by atoms with van der Waals surface area (Å²) in [5.74, 6) is -0.928. The van der Waals surface area contributed by atoms with E-state index < -0.39 is 5.78 Å². The Labute approximate surface area is 127 Å². The van der Waals surface area contributed by atoms with Gasteiger partial charge in [-0.15, -0.1) is 0 Å². The number of benzene rings is 2. The molecule has 22 heavy (non-hydrogen) atoms. The van der Waals surface area contributed by atoms with E-state index in [4.69, 9.17) is 5.73 Å². The number of anilines is 2. The Morgan fingerprint density at radius 3 is 2.41 bits per heavy atom. The van der Waals surface area contributed by atoms with Gasteiger partial charge in [-0.2, -0.15) is 0 Å². The monoisotopic (exact) mass is 296 g/mol. The van der Waals surface area contributed by atoms with E-state index in [1.54, 1.807) is 12.1 Å². The number of phenols is 1. The van der Waals surface area contributed by atoms with Crippen molar-refractivity contribution < 1.29 is 14.7 Å². The quantitative estimate of drug-likeness (QED) is 0.632. The van der Waals surface area contributed by atoms with Crippen molar-refractivity contribution in [1.29, 1.82) is 0 Å². The van der Waals surface area contributed by atoms with Crippen molar-refractivity contribution in [1.82, 2.24) is 0 Å². The lowest BCUT2D eigenvalue weighted by atomic mass is 9.82. The largest absolute Gasteiger partial charge is 0.507 e. The maximum Gasteiger partial charge on any atom is 0.200 e. The molecule has 1 aliphatic rings. The van der Waals surface area contributed by atoms with Gasteiger partial charge in [0.2, 0.25) is 0 Å². The molecule has 4 N–H and O–H groups in total. The Morgan fingerprint density at radius 1 is 1.00 bits per heavy atom. The molecule has 3 rings (SSSR count). The SMILES string of the molecule is CC(C)Nc1ccc(N)c2c1C(=O)c1c(O)cccc1C2=O. The number of rotatable bonds is 2. The zero-order chi connectivity index (χ0) is 16.0. The molecule has 0 aliphatic heterocycles. The van der Waals surface area contributed by atoms with E-state index in [1.807, 2.05) is 13.8 Å². The van der Waals surface area contributed by atoms with E-state index >= 15 is 0 Å². The first-order valence-corrected chi connectivity index (χ1v) is 7.02. The molecular formula is C17H16N2O3. The Morgan fingerprint density at radius 2 is 1.73 bits per heavy atom. The molecule has 0 saturated carbocycles. The summed E-state index contributed by atoms with van der Waals surface area (Å²) in [6.45, 7) is 3.87. The number of aromatic hydroxyl groups is 1. The molecule has 0 aromatic heterocycles. The van der Waals surface area contributed by atoms with Crippen molar-refractivity contribution in [2.24, 2.45) is 0 Å². The molecular weight excluding hydrogens is 280 g/mol. The summed E-state index contributed by atoms with van der Waals surface area (Å²) in [6.07, 6.45) is 0. The predicted molar refractivity (Wildman–Crippen MR) is 84.6 cm³/mol. The van der Waals surface area contributed by atoms with Gasteiger partial charge in [0, 0.05) is 23.0 Å². The second-order valence-corrected chi connectivity index (χ2v) is 5.61. The zero-order valence-electron chi connectivity index (χ0n) is 12.3. The van der Waals surface area contributed by atoms with Crippen LogP contribution < -0.4 is 11.1 Å². The topological polar surface area (TPSA) is 92.4 Å². The van der Waals surface area contributed by atoms with Crippen molar-refractivity contribution in [2.75, 3.05) is 11.1 Å². The molecule has 0 unspecified atom stereocenters. The molecule has 0 heterocycles. The highest BCUT2D eigenvalue weighted by Crippen LogP contribution is 2.38. The molecule has 0 spiro atoms. The van der Waals surface area contributed by atoms with E-state index in [0.717, 1.165) is 0 Å². The number of carbonyl (C=O) groups excluding carboxylic acids is 2. The van der Waals surface area contributed by atoms with Crippen LogP contribution in [0.2, 0.25) is 0 Å². The molecule has 2 aromatic rings. The zero-order valence-corrected chi connectivity index (χ0v) is 12.3. The van der Waals surface area contributed by atoms with E-state index in [0.29, 0.717) is 5.69 Å². The lowest BCUT2D eigenvalue weighted by Gasteiger charge is -2.23. The van der Waals surface area contributed by atoms with E-state index in [2.05, 4.69) is 5.32 Å². The second-order valence-electron chi connectivity index (χ2n) is 5.61. The fourth-order valence-corrected chi connectivity index (χ4v) is 2.76. The van der Waals surface area contributed by atoms with Crippen molar-refractivity contribution >= 4 is 22.9 Å². The molecule has 0 bridgehead atoms. The number of hydrogen-bond acceptors (Lipinski definition) is 5. The van der Waals surface area contributed by atoms with Gasteiger partial charge in [-0.25, -0.2) is 0 Å². The lowest BCUT2D eigenvalue weighted by Crippen LogP contribution is -2.25. The minimum Gasteiger partial charge on any atom is -0.507 e. The van der Waals surface area contributed by atoms with Gasteiger partial charge in [0.05, 0.1) is 16.7 Å². The number of fused-ring (bicyclic) bond motifs is 2. The van der Waals surface area contributed by atoms with Crippen molar-refractivity contribution in [3.8, 4) is 5.75 Å². The van der Waals surface area contributed by atoms with E-state index in [1.165, 1.54) is 18.2 Å². The summed E-state index contributed by atoms with van der Waals surface area (Å²) < 4.78 is 0. The Balaban J connectivity index is 2.32. The van der Waals surface area contributed by atoms with Gasteiger partial charge >= 0.3 is 0 Å². The molecule has 1 aliphatic carbocycles. The summed E-state index contributed by atoms with van der Waals surface area (Å²) >= 11 is 0. The van der Waals surface area contributed by atoms with Crippen LogP contribution in [0.3, 0.4) is 0 Å². The number of nitrogens with two attached hydrogens (primary N) is 1. The minimum absolute atomic E-state index is 0.0393. The summed E-state index contributed by atoms with van der Waals surface area (Å²) in [4.78, 5) is 25.5. The Hall–Kier alpha value is -2.82. The molecule has 5 nitrogen and oxygen atoms in total. The smallest absolute Gasteiger partial charge is 0.200 e. The molecule has 2 aromatic carbocycles. The maximum atomic E-state index is 12.8. The summed E-state index contributed by atoms with van der Waals surface area (Å²) in [5.41, 5.74) is 7.39. The standard InChI is InChI=1S/C17H16N2O3/c1-8(2)19-11-7-6-10(18)14-15(11)17(22)13-9(16(14)21)4-3-5-12(13)20/h3-8,19-20H,18H2,1-2H3. The minimum atomic E-state index is -0.391. The summed E-state index contributed by atoms with van der Waals surface area (Å²) in [6, 6.07) is 7.85. The van der Waals surface area contributed by atoms with E-state index in [-0.39, 0.29) is 45.5 Å². The maximum absolute atomic E-state index is 12.8. The number of nitrogen functional groups attached to an aromatic ring is 1. The van der Waals surface area contributed by atoms with Gasteiger partial charge in [0.15, 0.2) is 11.6 Å². The summed E-state index contributed by atoms with van der Waals surface area (Å²) in [7, 11) is 0. The molecule has 0 radical (unpaired) electrons. The molecule has 0 atom stereocenters. The third kappa shape index (κ3) is 1.94. The second kappa shape index (κ2) is 4.87. The van der Waals surface area contributed by atoms with Crippen molar-refractivity contribution in [3.63, 3.8) is 0 Å². The van der Waals surface area contributed by atoms with Crippen LogP contribution >= 0.6 is 0 Å². The third-order valence-electron chi connectivity index (χ3n) is 3.65.